The molecule has 0 spiro atoms. The molecule has 0 unspecified atom stereocenters. The highest BCUT2D eigenvalue weighted by Crippen LogP contribution is 2.17. The van der Waals surface area contributed by atoms with Gasteiger partial charge in [0.1, 0.15) is 0 Å². The van der Waals surface area contributed by atoms with E-state index in [0.717, 1.165) is 25.9 Å². The van der Waals surface area contributed by atoms with Gasteiger partial charge in [0.2, 0.25) is 5.22 Å². The number of thiocarbonyl (C=S) groups is 1. The molecule has 1 fully saturated rings. The van der Waals surface area contributed by atoms with Crippen LogP contribution in [0.4, 0.5) is 0 Å². The standard InChI is InChI=1S/C12H16ClN3O2S/c13-11-9(3-6-18-11)12(17)15-8-1-4-16(5-2-8)7-10(14)19/h3,6,8H,1-2,4-5,7H2,(H2,14,19)(H,15,17). The van der Waals surface area contributed by atoms with Crippen molar-refractivity contribution < 1.29 is 9.21 Å². The summed E-state index contributed by atoms with van der Waals surface area (Å²) in [7, 11) is 0. The SMILES string of the molecule is NC(=S)CN1CCC(NC(=O)c2ccoc2Cl)CC1. The smallest absolute Gasteiger partial charge is 0.256 e. The predicted molar refractivity (Wildman–Crippen MR) is 77.4 cm³/mol. The fourth-order valence-electron chi connectivity index (χ4n) is 2.17. The van der Waals surface area contributed by atoms with Gasteiger partial charge in [0, 0.05) is 25.7 Å². The third-order valence-electron chi connectivity index (χ3n) is 3.16. The summed E-state index contributed by atoms with van der Waals surface area (Å²) in [4.78, 5) is 14.6. The van der Waals surface area contributed by atoms with Crippen molar-refractivity contribution in [2.45, 2.75) is 18.9 Å². The summed E-state index contributed by atoms with van der Waals surface area (Å²) in [5.41, 5.74) is 5.90. The lowest BCUT2D eigenvalue weighted by atomic mass is 10.0. The van der Waals surface area contributed by atoms with Gasteiger partial charge in [-0.2, -0.15) is 0 Å². The molecule has 0 radical (unpaired) electrons. The number of carbonyl (C=O) groups is 1. The fraction of sp³-hybridized carbons (Fsp3) is 0.500. The summed E-state index contributed by atoms with van der Waals surface area (Å²) in [5.74, 6) is -0.188. The van der Waals surface area contributed by atoms with Gasteiger partial charge >= 0.3 is 0 Å². The second-order valence-corrected chi connectivity index (χ2v) is 5.47. The van der Waals surface area contributed by atoms with Crippen LogP contribution in [0.1, 0.15) is 23.2 Å². The van der Waals surface area contributed by atoms with E-state index in [1.807, 2.05) is 0 Å². The summed E-state index contributed by atoms with van der Waals surface area (Å²) < 4.78 is 4.90. The number of carbonyl (C=O) groups excluding carboxylic acids is 1. The van der Waals surface area contributed by atoms with Crippen molar-refractivity contribution in [3.05, 3.63) is 23.1 Å². The molecule has 0 bridgehead atoms. The van der Waals surface area contributed by atoms with Crippen LogP contribution in [0.3, 0.4) is 0 Å². The Balaban J connectivity index is 1.81. The first-order valence-corrected chi connectivity index (χ1v) is 6.89. The molecule has 2 rings (SSSR count). The number of halogens is 1. The summed E-state index contributed by atoms with van der Waals surface area (Å²) in [6.07, 6.45) is 3.16. The number of furan rings is 1. The van der Waals surface area contributed by atoms with Gasteiger partial charge in [-0.15, -0.1) is 0 Å². The minimum absolute atomic E-state index is 0.128. The monoisotopic (exact) mass is 301 g/mol. The second-order valence-electron chi connectivity index (χ2n) is 4.60. The van der Waals surface area contributed by atoms with Crippen molar-refractivity contribution in [3.8, 4) is 0 Å². The maximum atomic E-state index is 11.9. The highest BCUT2D eigenvalue weighted by atomic mass is 35.5. The van der Waals surface area contributed by atoms with Crippen molar-refractivity contribution in [3.63, 3.8) is 0 Å². The third-order valence-corrected chi connectivity index (χ3v) is 3.59. The lowest BCUT2D eigenvalue weighted by molar-refractivity contribution is 0.0914. The number of nitrogens with two attached hydrogens (primary N) is 1. The van der Waals surface area contributed by atoms with Gasteiger partial charge in [-0.05, 0) is 30.5 Å². The zero-order valence-corrected chi connectivity index (χ0v) is 12.0. The zero-order chi connectivity index (χ0) is 13.8. The number of likely N-dealkylation sites (tertiary alicyclic amines) is 1. The first-order valence-electron chi connectivity index (χ1n) is 6.11. The topological polar surface area (TPSA) is 71.5 Å². The molecule has 7 heteroatoms. The number of amides is 1. The van der Waals surface area contributed by atoms with Crippen molar-refractivity contribution in [1.82, 2.24) is 10.2 Å². The molecule has 1 aliphatic heterocycles. The van der Waals surface area contributed by atoms with Crippen molar-refractivity contribution in [2.75, 3.05) is 19.6 Å². The number of nitrogens with one attached hydrogen (secondary N) is 1. The Morgan fingerprint density at radius 1 is 1.58 bits per heavy atom. The minimum atomic E-state index is -0.188. The molecule has 0 atom stereocenters. The number of hydrogen-bond donors (Lipinski definition) is 2. The molecular formula is C12H16ClN3O2S. The molecule has 0 aliphatic carbocycles. The Bertz CT molecular complexity index is 469. The van der Waals surface area contributed by atoms with Gasteiger partial charge in [0.15, 0.2) is 0 Å². The maximum Gasteiger partial charge on any atom is 0.256 e. The van der Waals surface area contributed by atoms with Crippen molar-refractivity contribution >= 4 is 34.7 Å². The zero-order valence-electron chi connectivity index (χ0n) is 10.4. The summed E-state index contributed by atoms with van der Waals surface area (Å²) in [6.45, 7) is 2.40. The average molecular weight is 302 g/mol. The Hall–Kier alpha value is -1.11. The van der Waals surface area contributed by atoms with Gasteiger partial charge in [-0.1, -0.05) is 12.2 Å². The molecule has 1 aromatic rings. The summed E-state index contributed by atoms with van der Waals surface area (Å²) in [6, 6.07) is 1.72. The first kappa shape index (κ1) is 14.3. The van der Waals surface area contributed by atoms with Gasteiger partial charge < -0.3 is 15.5 Å². The van der Waals surface area contributed by atoms with Crippen LogP contribution in [0.5, 0.6) is 0 Å². The lowest BCUT2D eigenvalue weighted by Gasteiger charge is -2.31. The molecule has 0 aromatic carbocycles. The van der Waals surface area contributed by atoms with E-state index in [2.05, 4.69) is 10.2 Å². The van der Waals surface area contributed by atoms with Crippen LogP contribution in [0, 0.1) is 0 Å². The average Bonchev–Trinajstić information content (AvgIpc) is 2.77. The van der Waals surface area contributed by atoms with Crippen molar-refractivity contribution in [1.29, 1.82) is 0 Å². The normalized spacial score (nSPS) is 17.3. The van der Waals surface area contributed by atoms with E-state index in [4.69, 9.17) is 34.0 Å². The number of hydrogen-bond acceptors (Lipinski definition) is 4. The van der Waals surface area contributed by atoms with Crippen LogP contribution in [0.25, 0.3) is 0 Å². The second kappa shape index (κ2) is 6.36. The predicted octanol–water partition coefficient (Wildman–Crippen LogP) is 1.41. The molecule has 104 valence electrons. The van der Waals surface area contributed by atoms with Crippen molar-refractivity contribution in [2.24, 2.45) is 5.73 Å². The Morgan fingerprint density at radius 3 is 2.79 bits per heavy atom. The molecule has 1 amide bonds. The molecule has 2 heterocycles. The van der Waals surface area contributed by atoms with E-state index in [-0.39, 0.29) is 17.2 Å². The van der Waals surface area contributed by atoms with Crippen LogP contribution >= 0.6 is 23.8 Å². The maximum absolute atomic E-state index is 11.9. The minimum Gasteiger partial charge on any atom is -0.452 e. The number of rotatable bonds is 4. The number of nitrogens with zero attached hydrogens (tertiary/aromatic N) is 1. The highest BCUT2D eigenvalue weighted by Gasteiger charge is 2.22. The van der Waals surface area contributed by atoms with E-state index >= 15 is 0 Å². The molecule has 1 aliphatic rings. The Kier molecular flexibility index (Phi) is 4.79. The van der Waals surface area contributed by atoms with Crippen LogP contribution in [-0.2, 0) is 0 Å². The van der Waals surface area contributed by atoms with E-state index in [0.29, 0.717) is 17.1 Å². The van der Waals surface area contributed by atoms with E-state index in [1.165, 1.54) is 6.26 Å². The summed E-state index contributed by atoms with van der Waals surface area (Å²) in [5, 5.41) is 3.09. The van der Waals surface area contributed by atoms with Crippen LogP contribution in [0.15, 0.2) is 16.7 Å². The van der Waals surface area contributed by atoms with Crippen LogP contribution in [-0.4, -0.2) is 41.5 Å². The van der Waals surface area contributed by atoms with Crippen LogP contribution in [0.2, 0.25) is 5.22 Å². The molecule has 19 heavy (non-hydrogen) atoms. The van der Waals surface area contributed by atoms with Gasteiger partial charge in [0.05, 0.1) is 16.8 Å². The van der Waals surface area contributed by atoms with Gasteiger partial charge in [-0.3, -0.25) is 9.69 Å². The quantitative estimate of drug-likeness (QED) is 0.823. The van der Waals surface area contributed by atoms with Gasteiger partial charge in [0.25, 0.3) is 5.91 Å². The molecule has 0 saturated carbocycles. The molecular weight excluding hydrogens is 286 g/mol. The Labute approximate surface area is 122 Å². The van der Waals surface area contributed by atoms with E-state index in [9.17, 15) is 4.79 Å². The largest absolute Gasteiger partial charge is 0.452 e. The molecule has 3 N–H and O–H groups in total. The third kappa shape index (κ3) is 3.92. The molecule has 5 nitrogen and oxygen atoms in total. The molecule has 1 aromatic heterocycles. The lowest BCUT2D eigenvalue weighted by Crippen LogP contribution is -2.46. The van der Waals surface area contributed by atoms with Gasteiger partial charge in [-0.25, -0.2) is 0 Å². The first-order chi connectivity index (χ1) is 9.06. The van der Waals surface area contributed by atoms with E-state index < -0.39 is 0 Å². The highest BCUT2D eigenvalue weighted by molar-refractivity contribution is 7.80. The fourth-order valence-corrected chi connectivity index (χ4v) is 2.56. The van der Waals surface area contributed by atoms with E-state index in [1.54, 1.807) is 6.07 Å². The summed E-state index contributed by atoms with van der Waals surface area (Å²) >= 11 is 10.7. The van der Waals surface area contributed by atoms with Crippen LogP contribution < -0.4 is 11.1 Å². The Morgan fingerprint density at radius 2 is 2.26 bits per heavy atom. The number of piperidine rings is 1. The molecule has 1 saturated heterocycles.